The Balaban J connectivity index is 1.91. The molecule has 3 aromatic rings. The lowest BCUT2D eigenvalue weighted by Gasteiger charge is -2.18. The van der Waals surface area contributed by atoms with Crippen molar-refractivity contribution in [1.29, 1.82) is 0 Å². The Morgan fingerprint density at radius 3 is 2.15 bits per heavy atom. The monoisotopic (exact) mass is 484 g/mol. The van der Waals surface area contributed by atoms with Gasteiger partial charge in [0.1, 0.15) is 11.5 Å². The van der Waals surface area contributed by atoms with Crippen LogP contribution in [-0.4, -0.2) is 11.7 Å². The van der Waals surface area contributed by atoms with E-state index in [2.05, 4.69) is 4.74 Å². The Morgan fingerprint density at radius 1 is 0.818 bits per heavy atom. The Hall–Kier alpha value is -3.39. The fourth-order valence-corrected chi connectivity index (χ4v) is 2.98. The third-order valence-corrected chi connectivity index (χ3v) is 4.39. The van der Waals surface area contributed by atoms with E-state index in [4.69, 9.17) is 16.3 Å². The highest BCUT2D eigenvalue weighted by Gasteiger charge is 2.37. The zero-order valence-electron chi connectivity index (χ0n) is 16.6. The topological polar surface area (TPSA) is 18.5 Å². The van der Waals surface area contributed by atoms with E-state index in [0.717, 1.165) is 30.4 Å². The van der Waals surface area contributed by atoms with Gasteiger partial charge in [0.25, 0.3) is 0 Å². The van der Waals surface area contributed by atoms with Crippen LogP contribution in [-0.2, 0) is 0 Å². The van der Waals surface area contributed by atoms with Crippen molar-refractivity contribution < 1.29 is 35.8 Å². The molecule has 0 aromatic heterocycles. The van der Waals surface area contributed by atoms with Crippen molar-refractivity contribution in [2.24, 2.45) is 0 Å². The molecular formula is C24H15ClF6O2. The maximum atomic E-state index is 14.1. The summed E-state index contributed by atoms with van der Waals surface area (Å²) in [4.78, 5) is 0. The normalized spacial score (nSPS) is 12.8. The molecule has 33 heavy (non-hydrogen) atoms. The molecule has 0 atom stereocenters. The Kier molecular flexibility index (Phi) is 7.38. The van der Waals surface area contributed by atoms with Crippen LogP contribution in [0.3, 0.4) is 0 Å². The van der Waals surface area contributed by atoms with E-state index in [1.807, 2.05) is 0 Å². The lowest BCUT2D eigenvalue weighted by atomic mass is 10.0. The Labute approximate surface area is 190 Å². The SMILES string of the molecule is Fc1ccc(C=CC=C(c2ccccc2OC(F)(F)F)C(F)(F)Cl)cc1Oc1ccccc1. The van der Waals surface area contributed by atoms with E-state index < -0.39 is 34.4 Å². The fraction of sp³-hybridized carbons (Fsp3) is 0.0833. The molecule has 0 aliphatic rings. The van der Waals surface area contributed by atoms with Crippen LogP contribution in [0.5, 0.6) is 17.2 Å². The number of halogens is 7. The molecule has 0 amide bonds. The van der Waals surface area contributed by atoms with Gasteiger partial charge in [-0.1, -0.05) is 60.7 Å². The first kappa shape index (κ1) is 24.3. The van der Waals surface area contributed by atoms with Gasteiger partial charge in [0.15, 0.2) is 11.6 Å². The third kappa shape index (κ3) is 7.05. The average Bonchev–Trinajstić information content (AvgIpc) is 2.73. The number of hydrogen-bond acceptors (Lipinski definition) is 2. The van der Waals surface area contributed by atoms with Crippen LogP contribution < -0.4 is 9.47 Å². The van der Waals surface area contributed by atoms with E-state index in [9.17, 15) is 26.3 Å². The van der Waals surface area contributed by atoms with Crippen LogP contribution in [0.15, 0.2) is 84.9 Å². The van der Waals surface area contributed by atoms with Crippen LogP contribution in [0.4, 0.5) is 26.3 Å². The molecule has 0 bridgehead atoms. The molecule has 172 valence electrons. The maximum absolute atomic E-state index is 14.1. The van der Waals surface area contributed by atoms with Gasteiger partial charge in [-0.2, -0.15) is 8.78 Å². The first-order valence-electron chi connectivity index (χ1n) is 9.36. The number of ether oxygens (including phenoxy) is 2. The Morgan fingerprint density at radius 2 is 1.48 bits per heavy atom. The molecule has 2 nitrogen and oxygen atoms in total. The second-order valence-electron chi connectivity index (χ2n) is 6.59. The summed E-state index contributed by atoms with van der Waals surface area (Å²) >= 11 is 5.15. The largest absolute Gasteiger partial charge is 0.573 e. The smallest absolute Gasteiger partial charge is 0.454 e. The van der Waals surface area contributed by atoms with Gasteiger partial charge in [-0.15, -0.1) is 13.2 Å². The number of para-hydroxylation sites is 2. The maximum Gasteiger partial charge on any atom is 0.573 e. The van der Waals surface area contributed by atoms with Crippen LogP contribution in [0.2, 0.25) is 0 Å². The summed E-state index contributed by atoms with van der Waals surface area (Å²) in [6.07, 6.45) is -1.74. The summed E-state index contributed by atoms with van der Waals surface area (Å²) in [6.45, 7) is 0. The van der Waals surface area contributed by atoms with Gasteiger partial charge >= 0.3 is 11.7 Å². The van der Waals surface area contributed by atoms with Gasteiger partial charge in [0, 0.05) is 11.1 Å². The minimum Gasteiger partial charge on any atom is -0.454 e. The lowest BCUT2D eigenvalue weighted by Crippen LogP contribution is -2.19. The second-order valence-corrected chi connectivity index (χ2v) is 7.06. The molecule has 0 unspecified atom stereocenters. The second kappa shape index (κ2) is 10.0. The third-order valence-electron chi connectivity index (χ3n) is 4.19. The first-order valence-corrected chi connectivity index (χ1v) is 9.74. The van der Waals surface area contributed by atoms with E-state index in [0.29, 0.717) is 11.3 Å². The van der Waals surface area contributed by atoms with Crippen molar-refractivity contribution in [2.45, 2.75) is 11.7 Å². The van der Waals surface area contributed by atoms with Gasteiger partial charge in [0.05, 0.1) is 0 Å². The predicted octanol–water partition coefficient (Wildman–Crippen LogP) is 8.45. The summed E-state index contributed by atoms with van der Waals surface area (Å²) in [7, 11) is 0. The van der Waals surface area contributed by atoms with Gasteiger partial charge < -0.3 is 9.47 Å². The zero-order valence-corrected chi connectivity index (χ0v) is 17.4. The zero-order chi connectivity index (χ0) is 24.1. The predicted molar refractivity (Wildman–Crippen MR) is 114 cm³/mol. The standard InChI is InChI=1S/C24H15ClF6O2/c25-23(27,28)19(18-10-4-5-12-21(18)33-24(29,30)31)11-6-7-16-13-14-20(26)22(15-16)32-17-8-2-1-3-9-17/h1-15H. The quantitative estimate of drug-likeness (QED) is 0.190. The molecule has 0 aliphatic heterocycles. The van der Waals surface area contributed by atoms with Crippen LogP contribution in [0.1, 0.15) is 11.1 Å². The highest BCUT2D eigenvalue weighted by Crippen LogP contribution is 2.41. The molecule has 0 N–H and O–H groups in total. The first-order chi connectivity index (χ1) is 15.5. The van der Waals surface area contributed by atoms with Crippen LogP contribution in [0, 0.1) is 5.82 Å². The molecule has 0 fully saturated rings. The van der Waals surface area contributed by atoms with E-state index in [-0.39, 0.29) is 5.75 Å². The van der Waals surface area contributed by atoms with E-state index in [1.54, 1.807) is 30.3 Å². The summed E-state index contributed by atoms with van der Waals surface area (Å²) in [5, 5.41) is -4.00. The molecular weight excluding hydrogens is 470 g/mol. The molecule has 3 rings (SSSR count). The highest BCUT2D eigenvalue weighted by molar-refractivity contribution is 6.28. The van der Waals surface area contributed by atoms with Crippen molar-refractivity contribution in [3.8, 4) is 17.2 Å². The fourth-order valence-electron chi connectivity index (χ4n) is 2.81. The molecule has 3 aromatic carbocycles. The van der Waals surface area contributed by atoms with Gasteiger partial charge in [-0.25, -0.2) is 4.39 Å². The molecule has 0 heterocycles. The number of hydrogen-bond donors (Lipinski definition) is 0. The van der Waals surface area contributed by atoms with E-state index in [1.165, 1.54) is 30.3 Å². The highest BCUT2D eigenvalue weighted by atomic mass is 35.5. The number of benzene rings is 3. The summed E-state index contributed by atoms with van der Waals surface area (Å²) in [5.41, 5.74) is -1.06. The molecule has 0 radical (unpaired) electrons. The van der Waals surface area contributed by atoms with Crippen molar-refractivity contribution in [1.82, 2.24) is 0 Å². The molecule has 0 saturated heterocycles. The van der Waals surface area contributed by atoms with Crippen molar-refractivity contribution in [2.75, 3.05) is 0 Å². The summed E-state index contributed by atoms with van der Waals surface area (Å²) < 4.78 is 89.4. The molecule has 0 saturated carbocycles. The summed E-state index contributed by atoms with van der Waals surface area (Å²) in [5.74, 6) is -1.18. The van der Waals surface area contributed by atoms with Crippen LogP contribution >= 0.6 is 11.6 Å². The van der Waals surface area contributed by atoms with Crippen molar-refractivity contribution in [3.63, 3.8) is 0 Å². The molecule has 9 heteroatoms. The lowest BCUT2D eigenvalue weighted by molar-refractivity contribution is -0.274. The van der Waals surface area contributed by atoms with Crippen molar-refractivity contribution in [3.05, 3.63) is 102 Å². The summed E-state index contributed by atoms with van der Waals surface area (Å²) in [6, 6.07) is 16.7. The molecule has 0 aliphatic carbocycles. The minimum atomic E-state index is -5.08. The van der Waals surface area contributed by atoms with E-state index >= 15 is 0 Å². The number of alkyl halides is 6. The van der Waals surface area contributed by atoms with Crippen LogP contribution in [0.25, 0.3) is 11.6 Å². The van der Waals surface area contributed by atoms with Gasteiger partial charge in [-0.3, -0.25) is 0 Å². The van der Waals surface area contributed by atoms with Crippen molar-refractivity contribution >= 4 is 23.3 Å². The minimum absolute atomic E-state index is 0.0980. The van der Waals surface area contributed by atoms with Gasteiger partial charge in [-0.05, 0) is 47.5 Å². The number of rotatable bonds is 7. The number of allylic oxidation sites excluding steroid dienone is 3. The molecule has 0 spiro atoms. The average molecular weight is 485 g/mol. The Bertz CT molecular complexity index is 1150. The van der Waals surface area contributed by atoms with Gasteiger partial charge in [0.2, 0.25) is 0 Å².